The van der Waals surface area contributed by atoms with E-state index in [4.69, 9.17) is 19.9 Å². The molecule has 0 N–H and O–H groups in total. The van der Waals surface area contributed by atoms with E-state index in [1.54, 1.807) is 6.20 Å². The van der Waals surface area contributed by atoms with Gasteiger partial charge in [-0.1, -0.05) is 109 Å². The number of fused-ring (bicyclic) bond motifs is 3. The second kappa shape index (κ2) is 11.2. The van der Waals surface area contributed by atoms with E-state index in [0.717, 1.165) is 78.1 Å². The van der Waals surface area contributed by atoms with Crippen molar-refractivity contribution in [3.05, 3.63) is 151 Å². The van der Waals surface area contributed by atoms with Crippen LogP contribution in [0.3, 0.4) is 0 Å². The highest BCUT2D eigenvalue weighted by Gasteiger charge is 2.15. The Morgan fingerprint density at radius 3 is 1.78 bits per heavy atom. The molecule has 0 aliphatic heterocycles. The van der Waals surface area contributed by atoms with Crippen molar-refractivity contribution in [2.45, 2.75) is 6.92 Å². The van der Waals surface area contributed by atoms with Gasteiger partial charge in [-0.25, -0.2) is 15.0 Å². The lowest BCUT2D eigenvalue weighted by molar-refractivity contribution is 1.16. The van der Waals surface area contributed by atoms with Gasteiger partial charge in [0.25, 0.3) is 0 Å². The molecule has 45 heavy (non-hydrogen) atoms. The Balaban J connectivity index is 1.28. The normalized spacial score (nSPS) is 11.2. The summed E-state index contributed by atoms with van der Waals surface area (Å²) < 4.78 is 0. The van der Waals surface area contributed by atoms with Crippen LogP contribution in [0.1, 0.15) is 5.69 Å². The van der Waals surface area contributed by atoms with E-state index >= 15 is 0 Å². The maximum Gasteiger partial charge on any atom is 0.160 e. The Kier molecular flexibility index (Phi) is 6.61. The summed E-state index contributed by atoms with van der Waals surface area (Å²) in [6.45, 7) is 2.02. The molecular weight excluding hydrogens is 550 g/mol. The van der Waals surface area contributed by atoms with Crippen molar-refractivity contribution in [3.8, 4) is 56.4 Å². The van der Waals surface area contributed by atoms with Crippen LogP contribution in [0, 0.1) is 6.92 Å². The molecule has 0 unspecified atom stereocenters. The Bertz CT molecular complexity index is 2240. The van der Waals surface area contributed by atoms with Gasteiger partial charge in [-0.15, -0.1) is 0 Å². The molecule has 8 rings (SSSR count). The Labute approximate surface area is 261 Å². The molecular formula is C40H27N5. The van der Waals surface area contributed by atoms with Crippen molar-refractivity contribution >= 4 is 21.8 Å². The van der Waals surface area contributed by atoms with Crippen molar-refractivity contribution in [3.63, 3.8) is 0 Å². The lowest BCUT2D eigenvalue weighted by atomic mass is 9.96. The van der Waals surface area contributed by atoms with Gasteiger partial charge in [0.05, 0.1) is 33.8 Å². The zero-order chi connectivity index (χ0) is 30.2. The average molecular weight is 578 g/mol. The average Bonchev–Trinajstić information content (AvgIpc) is 3.12. The quantitative estimate of drug-likeness (QED) is 0.191. The number of aromatic nitrogens is 5. The first-order chi connectivity index (χ1) is 22.2. The zero-order valence-corrected chi connectivity index (χ0v) is 24.6. The van der Waals surface area contributed by atoms with Gasteiger partial charge in [0.15, 0.2) is 5.82 Å². The lowest BCUT2D eigenvalue weighted by Crippen LogP contribution is -1.97. The molecule has 0 fully saturated rings. The van der Waals surface area contributed by atoms with E-state index in [9.17, 15) is 0 Å². The third kappa shape index (κ3) is 5.11. The summed E-state index contributed by atoms with van der Waals surface area (Å²) in [5.41, 5.74) is 11.3. The van der Waals surface area contributed by atoms with E-state index in [-0.39, 0.29) is 0 Å². The first-order valence-corrected chi connectivity index (χ1v) is 14.9. The Hall–Kier alpha value is -6.07. The summed E-state index contributed by atoms with van der Waals surface area (Å²) in [6.07, 6.45) is 1.79. The molecule has 0 saturated heterocycles. The molecule has 0 radical (unpaired) electrons. The predicted octanol–water partition coefficient (Wildman–Crippen LogP) is 9.61. The first kappa shape index (κ1) is 26.5. The highest BCUT2D eigenvalue weighted by atomic mass is 14.9. The molecule has 0 bridgehead atoms. The van der Waals surface area contributed by atoms with Crippen LogP contribution < -0.4 is 0 Å². The van der Waals surface area contributed by atoms with E-state index in [1.165, 1.54) is 0 Å². The van der Waals surface area contributed by atoms with Gasteiger partial charge in [-0.3, -0.25) is 9.97 Å². The summed E-state index contributed by atoms with van der Waals surface area (Å²) in [4.78, 5) is 24.6. The van der Waals surface area contributed by atoms with Crippen molar-refractivity contribution in [2.24, 2.45) is 0 Å². The fourth-order valence-electron chi connectivity index (χ4n) is 5.74. The second-order valence-electron chi connectivity index (χ2n) is 11.0. The monoisotopic (exact) mass is 577 g/mol. The van der Waals surface area contributed by atoms with Crippen LogP contribution in [0.5, 0.6) is 0 Å². The number of aryl methyl sites for hydroxylation is 1. The number of nitrogens with zero attached hydrogens (tertiary/aromatic N) is 5. The largest absolute Gasteiger partial charge is 0.255 e. The van der Waals surface area contributed by atoms with Crippen molar-refractivity contribution < 1.29 is 0 Å². The van der Waals surface area contributed by atoms with Gasteiger partial charge in [0.1, 0.15) is 0 Å². The van der Waals surface area contributed by atoms with Crippen LogP contribution in [0.4, 0.5) is 0 Å². The smallest absolute Gasteiger partial charge is 0.160 e. The fraction of sp³-hybridized carbons (Fsp3) is 0.0250. The maximum atomic E-state index is 5.15. The first-order valence-electron chi connectivity index (χ1n) is 14.9. The standard InChI is InChI=1S/C40H27N5/c1-26-15-16-30-21-22-32-33(24-35(28-10-4-2-5-11-28)43-39(32)38(30)42-26)27-17-19-31(20-18-27)40-44-36(29-12-6-3-7-13-29)25-37(45-40)34-14-8-9-23-41-34/h2-25H,1H3. The number of hydrogen-bond donors (Lipinski definition) is 0. The molecule has 0 aliphatic carbocycles. The van der Waals surface area contributed by atoms with Crippen molar-refractivity contribution in [1.82, 2.24) is 24.9 Å². The zero-order valence-electron chi connectivity index (χ0n) is 24.6. The molecule has 5 nitrogen and oxygen atoms in total. The van der Waals surface area contributed by atoms with Crippen molar-refractivity contribution in [1.29, 1.82) is 0 Å². The van der Waals surface area contributed by atoms with Crippen LogP contribution in [0.25, 0.3) is 78.2 Å². The minimum atomic E-state index is 0.652. The highest BCUT2D eigenvalue weighted by molar-refractivity contribution is 6.09. The van der Waals surface area contributed by atoms with Crippen molar-refractivity contribution in [2.75, 3.05) is 0 Å². The number of pyridine rings is 3. The van der Waals surface area contributed by atoms with Crippen LogP contribution in [-0.2, 0) is 0 Å². The lowest BCUT2D eigenvalue weighted by Gasteiger charge is -2.13. The molecule has 0 spiro atoms. The summed E-state index contributed by atoms with van der Waals surface area (Å²) in [5.74, 6) is 0.652. The minimum Gasteiger partial charge on any atom is -0.255 e. The minimum absolute atomic E-state index is 0.652. The van der Waals surface area contributed by atoms with Crippen LogP contribution in [-0.4, -0.2) is 24.9 Å². The maximum absolute atomic E-state index is 5.15. The molecule has 4 heterocycles. The van der Waals surface area contributed by atoms with Gasteiger partial charge in [0.2, 0.25) is 0 Å². The van der Waals surface area contributed by atoms with Gasteiger partial charge >= 0.3 is 0 Å². The summed E-state index contributed by atoms with van der Waals surface area (Å²) in [5, 5.41) is 2.14. The van der Waals surface area contributed by atoms with Crippen LogP contribution >= 0.6 is 0 Å². The van der Waals surface area contributed by atoms with E-state index in [1.807, 2.05) is 73.7 Å². The fourth-order valence-corrected chi connectivity index (χ4v) is 5.74. The Morgan fingerprint density at radius 1 is 0.422 bits per heavy atom. The van der Waals surface area contributed by atoms with Gasteiger partial charge in [-0.05, 0) is 48.4 Å². The molecule has 0 saturated carbocycles. The molecule has 0 aliphatic rings. The van der Waals surface area contributed by atoms with Crippen LogP contribution in [0.15, 0.2) is 146 Å². The molecule has 5 heteroatoms. The molecule has 4 aromatic carbocycles. The third-order valence-electron chi connectivity index (χ3n) is 8.02. The summed E-state index contributed by atoms with van der Waals surface area (Å²) in [7, 11) is 0. The molecule has 0 amide bonds. The summed E-state index contributed by atoms with van der Waals surface area (Å²) >= 11 is 0. The van der Waals surface area contributed by atoms with Gasteiger partial charge in [0, 0.05) is 39.4 Å². The Morgan fingerprint density at radius 2 is 1.07 bits per heavy atom. The van der Waals surface area contributed by atoms with Gasteiger partial charge < -0.3 is 0 Å². The van der Waals surface area contributed by atoms with Crippen LogP contribution in [0.2, 0.25) is 0 Å². The second-order valence-corrected chi connectivity index (χ2v) is 11.0. The molecule has 8 aromatic rings. The number of benzene rings is 4. The topological polar surface area (TPSA) is 64.5 Å². The third-order valence-corrected chi connectivity index (χ3v) is 8.02. The SMILES string of the molecule is Cc1ccc2ccc3c(-c4ccc(-c5nc(-c6ccccc6)cc(-c6ccccn6)n5)cc4)cc(-c4ccccc4)nc3c2n1. The molecule has 4 aromatic heterocycles. The molecule has 0 atom stereocenters. The van der Waals surface area contributed by atoms with Gasteiger partial charge in [-0.2, -0.15) is 0 Å². The highest BCUT2D eigenvalue weighted by Crippen LogP contribution is 2.36. The predicted molar refractivity (Wildman–Crippen MR) is 182 cm³/mol. The number of rotatable bonds is 5. The van der Waals surface area contributed by atoms with E-state index in [2.05, 4.69) is 77.8 Å². The molecule has 212 valence electrons. The van der Waals surface area contributed by atoms with E-state index in [0.29, 0.717) is 5.82 Å². The number of hydrogen-bond acceptors (Lipinski definition) is 5. The summed E-state index contributed by atoms with van der Waals surface area (Å²) in [6, 6.07) is 47.5. The van der Waals surface area contributed by atoms with E-state index < -0.39 is 0 Å².